The molecule has 0 saturated carbocycles. The van der Waals surface area contributed by atoms with E-state index in [1.807, 2.05) is 24.4 Å². The fraction of sp³-hybridized carbons (Fsp3) is 0.333. The van der Waals surface area contributed by atoms with E-state index in [0.29, 0.717) is 10.7 Å². The van der Waals surface area contributed by atoms with Crippen LogP contribution >= 0.6 is 15.9 Å². The minimum atomic E-state index is 0.435. The van der Waals surface area contributed by atoms with E-state index < -0.39 is 0 Å². The van der Waals surface area contributed by atoms with Gasteiger partial charge in [0.25, 0.3) is 0 Å². The van der Waals surface area contributed by atoms with Crippen molar-refractivity contribution >= 4 is 26.8 Å². The van der Waals surface area contributed by atoms with E-state index in [0.717, 1.165) is 5.52 Å². The number of fused-ring (bicyclic) bond motifs is 1. The van der Waals surface area contributed by atoms with E-state index in [-0.39, 0.29) is 0 Å². The van der Waals surface area contributed by atoms with Crippen molar-refractivity contribution in [3.8, 4) is 0 Å². The molecule has 15 heavy (non-hydrogen) atoms. The van der Waals surface area contributed by atoms with Gasteiger partial charge in [-0.2, -0.15) is 10.2 Å². The maximum atomic E-state index is 4.12. The minimum absolute atomic E-state index is 0.435. The molecule has 0 saturated heterocycles. The third-order valence-corrected chi connectivity index (χ3v) is 3.55. The summed E-state index contributed by atoms with van der Waals surface area (Å²) in [6.07, 6.45) is 1.87. The van der Waals surface area contributed by atoms with Gasteiger partial charge in [0.05, 0.1) is 11.7 Å². The SMILES string of the molecule is CC(Br)C(C)c1cnnc2ccccc12. The van der Waals surface area contributed by atoms with Crippen molar-refractivity contribution in [3.05, 3.63) is 36.0 Å². The van der Waals surface area contributed by atoms with Crippen LogP contribution in [0.5, 0.6) is 0 Å². The minimum Gasteiger partial charge on any atom is -0.158 e. The molecular weight excluding hydrogens is 252 g/mol. The summed E-state index contributed by atoms with van der Waals surface area (Å²) in [7, 11) is 0. The molecular formula is C12H13BrN2. The Morgan fingerprint density at radius 1 is 1.20 bits per heavy atom. The largest absolute Gasteiger partial charge is 0.158 e. The number of hydrogen-bond donors (Lipinski definition) is 0. The summed E-state index contributed by atoms with van der Waals surface area (Å²) in [4.78, 5) is 0.435. The molecule has 0 amide bonds. The standard InChI is InChI=1S/C12H13BrN2/c1-8(9(2)13)11-7-14-15-12-6-4-3-5-10(11)12/h3-9H,1-2H3. The van der Waals surface area contributed by atoms with Crippen LogP contribution in [0.3, 0.4) is 0 Å². The molecule has 0 aliphatic carbocycles. The first-order valence-electron chi connectivity index (χ1n) is 5.04. The van der Waals surface area contributed by atoms with Crippen molar-refractivity contribution in [1.29, 1.82) is 0 Å². The summed E-state index contributed by atoms with van der Waals surface area (Å²) in [5.74, 6) is 0.436. The Hall–Kier alpha value is -0.960. The highest BCUT2D eigenvalue weighted by Gasteiger charge is 2.14. The molecule has 0 radical (unpaired) electrons. The Morgan fingerprint density at radius 3 is 2.67 bits per heavy atom. The lowest BCUT2D eigenvalue weighted by atomic mass is 9.96. The summed E-state index contributed by atoms with van der Waals surface area (Å²) in [5, 5.41) is 9.36. The zero-order chi connectivity index (χ0) is 10.8. The molecule has 2 nitrogen and oxygen atoms in total. The molecule has 0 N–H and O–H groups in total. The molecule has 2 aromatic rings. The van der Waals surface area contributed by atoms with Crippen molar-refractivity contribution in [2.75, 3.05) is 0 Å². The van der Waals surface area contributed by atoms with E-state index in [2.05, 4.69) is 46.0 Å². The highest BCUT2D eigenvalue weighted by atomic mass is 79.9. The lowest BCUT2D eigenvalue weighted by Crippen LogP contribution is -2.06. The molecule has 0 fully saturated rings. The maximum Gasteiger partial charge on any atom is 0.0932 e. The van der Waals surface area contributed by atoms with Crippen LogP contribution in [0.15, 0.2) is 30.5 Å². The maximum absolute atomic E-state index is 4.12. The van der Waals surface area contributed by atoms with Gasteiger partial charge >= 0.3 is 0 Å². The molecule has 3 heteroatoms. The van der Waals surface area contributed by atoms with Crippen molar-refractivity contribution in [3.63, 3.8) is 0 Å². The van der Waals surface area contributed by atoms with Crippen LogP contribution in [0.2, 0.25) is 0 Å². The van der Waals surface area contributed by atoms with Gasteiger partial charge in [-0.05, 0) is 17.5 Å². The molecule has 1 aromatic carbocycles. The predicted octanol–water partition coefficient (Wildman–Crippen LogP) is 3.52. The molecule has 1 heterocycles. The molecule has 0 bridgehead atoms. The highest BCUT2D eigenvalue weighted by Crippen LogP contribution is 2.28. The molecule has 2 unspecified atom stereocenters. The van der Waals surface area contributed by atoms with E-state index in [1.165, 1.54) is 10.9 Å². The summed E-state index contributed by atoms with van der Waals surface area (Å²) in [6.45, 7) is 4.35. The highest BCUT2D eigenvalue weighted by molar-refractivity contribution is 9.09. The molecule has 78 valence electrons. The van der Waals surface area contributed by atoms with Crippen molar-refractivity contribution < 1.29 is 0 Å². The first kappa shape index (κ1) is 10.6. The molecule has 1 aromatic heterocycles. The number of nitrogens with zero attached hydrogens (tertiary/aromatic N) is 2. The second kappa shape index (κ2) is 4.27. The van der Waals surface area contributed by atoms with Crippen LogP contribution < -0.4 is 0 Å². The van der Waals surface area contributed by atoms with E-state index in [1.54, 1.807) is 0 Å². The Labute approximate surface area is 97.8 Å². The average molecular weight is 265 g/mol. The van der Waals surface area contributed by atoms with Crippen LogP contribution in [-0.2, 0) is 0 Å². The number of hydrogen-bond acceptors (Lipinski definition) is 2. The fourth-order valence-electron chi connectivity index (χ4n) is 1.64. The Kier molecular flexibility index (Phi) is 3.00. The topological polar surface area (TPSA) is 25.8 Å². The molecule has 0 aliphatic heterocycles. The van der Waals surface area contributed by atoms with E-state index in [9.17, 15) is 0 Å². The van der Waals surface area contributed by atoms with Gasteiger partial charge < -0.3 is 0 Å². The zero-order valence-corrected chi connectivity index (χ0v) is 10.4. The van der Waals surface area contributed by atoms with Gasteiger partial charge in [0.1, 0.15) is 0 Å². The molecule has 2 atom stereocenters. The van der Waals surface area contributed by atoms with Crippen LogP contribution in [0.1, 0.15) is 25.3 Å². The van der Waals surface area contributed by atoms with Crippen molar-refractivity contribution in [1.82, 2.24) is 10.2 Å². The Balaban J connectivity index is 2.60. The van der Waals surface area contributed by atoms with Crippen molar-refractivity contribution in [2.24, 2.45) is 0 Å². The molecule has 0 spiro atoms. The Bertz CT molecular complexity index is 463. The summed E-state index contributed by atoms with van der Waals surface area (Å²) in [6, 6.07) is 8.13. The third kappa shape index (κ3) is 2.02. The van der Waals surface area contributed by atoms with E-state index >= 15 is 0 Å². The average Bonchev–Trinajstić information content (AvgIpc) is 2.27. The number of aromatic nitrogens is 2. The lowest BCUT2D eigenvalue weighted by molar-refractivity contribution is 0.760. The number of alkyl halides is 1. The second-order valence-electron chi connectivity index (χ2n) is 3.78. The first-order valence-corrected chi connectivity index (χ1v) is 5.96. The van der Waals surface area contributed by atoms with Crippen LogP contribution in [0.25, 0.3) is 10.9 Å². The number of benzene rings is 1. The predicted molar refractivity (Wildman–Crippen MR) is 66.3 cm³/mol. The molecule has 0 aliphatic rings. The van der Waals surface area contributed by atoms with Crippen LogP contribution in [0, 0.1) is 0 Å². The lowest BCUT2D eigenvalue weighted by Gasteiger charge is -2.15. The second-order valence-corrected chi connectivity index (χ2v) is 5.23. The van der Waals surface area contributed by atoms with Crippen LogP contribution in [0.4, 0.5) is 0 Å². The fourth-order valence-corrected chi connectivity index (χ4v) is 1.92. The summed E-state index contributed by atoms with van der Waals surface area (Å²) >= 11 is 3.61. The number of halogens is 1. The number of rotatable bonds is 2. The molecule has 2 rings (SSSR count). The van der Waals surface area contributed by atoms with Gasteiger partial charge in [-0.15, -0.1) is 0 Å². The van der Waals surface area contributed by atoms with Gasteiger partial charge in [-0.3, -0.25) is 0 Å². The van der Waals surface area contributed by atoms with E-state index in [4.69, 9.17) is 0 Å². The first-order chi connectivity index (χ1) is 7.20. The summed E-state index contributed by atoms with van der Waals surface area (Å²) < 4.78 is 0. The zero-order valence-electron chi connectivity index (χ0n) is 8.81. The summed E-state index contributed by atoms with van der Waals surface area (Å²) in [5.41, 5.74) is 2.22. The van der Waals surface area contributed by atoms with Gasteiger partial charge in [0.2, 0.25) is 0 Å². The normalized spacial score (nSPS) is 15.1. The quantitative estimate of drug-likeness (QED) is 0.776. The van der Waals surface area contributed by atoms with Gasteiger partial charge in [-0.1, -0.05) is 48.0 Å². The van der Waals surface area contributed by atoms with Crippen molar-refractivity contribution in [2.45, 2.75) is 24.6 Å². The van der Waals surface area contributed by atoms with Gasteiger partial charge in [0.15, 0.2) is 0 Å². The Morgan fingerprint density at radius 2 is 1.93 bits per heavy atom. The smallest absolute Gasteiger partial charge is 0.0932 e. The van der Waals surface area contributed by atoms with Gasteiger partial charge in [-0.25, -0.2) is 0 Å². The monoisotopic (exact) mass is 264 g/mol. The van der Waals surface area contributed by atoms with Gasteiger partial charge in [0, 0.05) is 10.2 Å². The van der Waals surface area contributed by atoms with Crippen LogP contribution in [-0.4, -0.2) is 15.0 Å². The third-order valence-electron chi connectivity index (χ3n) is 2.76.